The van der Waals surface area contributed by atoms with Crippen molar-refractivity contribution in [2.24, 2.45) is 0 Å². The van der Waals surface area contributed by atoms with Crippen LogP contribution in [0.4, 0.5) is 15.9 Å². The Morgan fingerprint density at radius 3 is 2.39 bits per heavy atom. The minimum Gasteiger partial charge on any atom is -0.367 e. The molecule has 1 aliphatic heterocycles. The van der Waals surface area contributed by atoms with E-state index < -0.39 is 5.82 Å². The van der Waals surface area contributed by atoms with Crippen LogP contribution in [0.1, 0.15) is 50.9 Å². The number of rotatable bonds is 5. The summed E-state index contributed by atoms with van der Waals surface area (Å²) in [6.07, 6.45) is 3.74. The van der Waals surface area contributed by atoms with Gasteiger partial charge in [0.2, 0.25) is 0 Å². The number of nitrogens with zero attached hydrogens (tertiary/aromatic N) is 2. The Hall–Kier alpha value is -3.32. The Bertz CT molecular complexity index is 1130. The molecule has 1 amide bonds. The molecule has 4 rings (SSSR count). The lowest BCUT2D eigenvalue weighted by Crippen LogP contribution is -2.60. The Kier molecular flexibility index (Phi) is 6.17. The zero-order valence-electron chi connectivity index (χ0n) is 19.4. The van der Waals surface area contributed by atoms with Gasteiger partial charge in [0.15, 0.2) is 5.82 Å². The summed E-state index contributed by atoms with van der Waals surface area (Å²) < 4.78 is 13.4. The average molecular weight is 448 g/mol. The highest BCUT2D eigenvalue weighted by molar-refractivity contribution is 6.04. The predicted molar refractivity (Wildman–Crippen MR) is 130 cm³/mol. The van der Waals surface area contributed by atoms with E-state index in [0.29, 0.717) is 17.6 Å². The number of hydrogen-bond donors (Lipinski definition) is 3. The Balaban J connectivity index is 1.44. The fourth-order valence-electron chi connectivity index (χ4n) is 4.75. The monoisotopic (exact) mass is 447 g/mol. The molecule has 6 nitrogen and oxygen atoms in total. The van der Waals surface area contributed by atoms with Gasteiger partial charge in [-0.1, -0.05) is 6.07 Å². The van der Waals surface area contributed by atoms with Gasteiger partial charge in [-0.3, -0.25) is 4.79 Å². The molecule has 172 valence electrons. The van der Waals surface area contributed by atoms with E-state index in [9.17, 15) is 9.18 Å². The van der Waals surface area contributed by atoms with Gasteiger partial charge < -0.3 is 16.0 Å². The molecule has 0 saturated carbocycles. The lowest BCUT2D eigenvalue weighted by Gasteiger charge is -2.46. The van der Waals surface area contributed by atoms with Gasteiger partial charge in [0.05, 0.1) is 0 Å². The van der Waals surface area contributed by atoms with Crippen molar-refractivity contribution in [3.63, 3.8) is 0 Å². The summed E-state index contributed by atoms with van der Waals surface area (Å²) in [6.45, 7) is 8.90. The van der Waals surface area contributed by atoms with Crippen molar-refractivity contribution in [3.8, 4) is 11.4 Å². The molecule has 1 saturated heterocycles. The van der Waals surface area contributed by atoms with E-state index in [1.807, 2.05) is 18.2 Å². The number of carbonyl (C=O) groups excluding carboxylic acids is 1. The van der Waals surface area contributed by atoms with Crippen LogP contribution in [0.25, 0.3) is 11.4 Å². The SMILES string of the molecule is CC1(C)CC(Nc2ccnc(-c3ccc(NC(=O)c4cccc(F)c4)cc3)n2)CC(C)(C)N1. The van der Waals surface area contributed by atoms with Crippen LogP contribution in [-0.4, -0.2) is 33.0 Å². The van der Waals surface area contributed by atoms with Crippen LogP contribution in [0.3, 0.4) is 0 Å². The van der Waals surface area contributed by atoms with Gasteiger partial charge in [0.1, 0.15) is 11.6 Å². The molecule has 0 spiro atoms. The standard InChI is InChI=1S/C26H30FN5O/c1-25(2)15-21(16-26(3,4)32-25)29-22-12-13-28-23(31-22)17-8-10-20(11-9-17)30-24(33)18-6-5-7-19(27)14-18/h5-14,21,32H,15-16H2,1-4H3,(H,30,33)(H,28,29,31). The van der Waals surface area contributed by atoms with Crippen LogP contribution in [0.5, 0.6) is 0 Å². The first-order chi connectivity index (χ1) is 15.6. The minimum absolute atomic E-state index is 0.0427. The number of piperidine rings is 1. The van der Waals surface area contributed by atoms with Gasteiger partial charge >= 0.3 is 0 Å². The quantitative estimate of drug-likeness (QED) is 0.497. The molecule has 3 N–H and O–H groups in total. The van der Waals surface area contributed by atoms with Crippen LogP contribution in [0.2, 0.25) is 0 Å². The maximum absolute atomic E-state index is 13.4. The molecule has 0 bridgehead atoms. The number of nitrogens with one attached hydrogen (secondary N) is 3. The zero-order chi connectivity index (χ0) is 23.6. The second-order valence-electron chi connectivity index (χ2n) is 9.95. The summed E-state index contributed by atoms with van der Waals surface area (Å²) in [5, 5.41) is 10.1. The first kappa shape index (κ1) is 22.9. The van der Waals surface area contributed by atoms with Crippen molar-refractivity contribution < 1.29 is 9.18 Å². The molecular formula is C26H30FN5O. The van der Waals surface area contributed by atoms with E-state index in [-0.39, 0.29) is 22.5 Å². The Morgan fingerprint density at radius 2 is 1.73 bits per heavy atom. The molecule has 33 heavy (non-hydrogen) atoms. The van der Waals surface area contributed by atoms with Crippen LogP contribution in [0.15, 0.2) is 60.8 Å². The summed E-state index contributed by atoms with van der Waals surface area (Å²) in [7, 11) is 0. The number of aromatic nitrogens is 2. The van der Waals surface area contributed by atoms with Crippen molar-refractivity contribution in [1.29, 1.82) is 0 Å². The maximum atomic E-state index is 13.4. The smallest absolute Gasteiger partial charge is 0.255 e. The lowest BCUT2D eigenvalue weighted by molar-refractivity contribution is 0.102. The predicted octanol–water partition coefficient (Wildman–Crippen LogP) is 5.26. The third kappa shape index (κ3) is 5.93. The van der Waals surface area contributed by atoms with Crippen LogP contribution in [0, 0.1) is 5.82 Å². The Labute approximate surface area is 194 Å². The van der Waals surface area contributed by atoms with Crippen molar-refractivity contribution in [2.75, 3.05) is 10.6 Å². The van der Waals surface area contributed by atoms with E-state index in [0.717, 1.165) is 24.2 Å². The molecular weight excluding hydrogens is 417 g/mol. The van der Waals surface area contributed by atoms with E-state index in [1.54, 1.807) is 24.4 Å². The second-order valence-corrected chi connectivity index (χ2v) is 9.95. The van der Waals surface area contributed by atoms with Crippen molar-refractivity contribution >= 4 is 17.4 Å². The molecule has 2 heterocycles. The maximum Gasteiger partial charge on any atom is 0.255 e. The molecule has 1 aliphatic rings. The fraction of sp³-hybridized carbons (Fsp3) is 0.346. The van der Waals surface area contributed by atoms with Gasteiger partial charge in [-0.05, 0) is 89.1 Å². The lowest BCUT2D eigenvalue weighted by atomic mass is 9.79. The number of benzene rings is 2. The molecule has 0 unspecified atom stereocenters. The normalized spacial score (nSPS) is 17.4. The largest absolute Gasteiger partial charge is 0.367 e. The summed E-state index contributed by atoms with van der Waals surface area (Å²) in [4.78, 5) is 21.5. The van der Waals surface area contributed by atoms with Crippen molar-refractivity contribution in [1.82, 2.24) is 15.3 Å². The van der Waals surface area contributed by atoms with E-state index >= 15 is 0 Å². The first-order valence-corrected chi connectivity index (χ1v) is 11.1. The molecule has 1 aromatic heterocycles. The molecule has 1 fully saturated rings. The van der Waals surface area contributed by atoms with Gasteiger partial charge in [0, 0.05) is 40.1 Å². The van der Waals surface area contributed by atoms with Crippen LogP contribution in [-0.2, 0) is 0 Å². The van der Waals surface area contributed by atoms with Gasteiger partial charge in [-0.2, -0.15) is 0 Å². The number of halogens is 1. The topological polar surface area (TPSA) is 78.9 Å². The fourth-order valence-corrected chi connectivity index (χ4v) is 4.75. The highest BCUT2D eigenvalue weighted by atomic mass is 19.1. The van der Waals surface area contributed by atoms with Gasteiger partial charge in [-0.15, -0.1) is 0 Å². The Morgan fingerprint density at radius 1 is 1.03 bits per heavy atom. The molecule has 2 aromatic carbocycles. The zero-order valence-corrected chi connectivity index (χ0v) is 19.4. The number of amides is 1. The summed E-state index contributed by atoms with van der Waals surface area (Å²) >= 11 is 0. The second kappa shape index (κ2) is 8.90. The number of carbonyl (C=O) groups is 1. The third-order valence-corrected chi connectivity index (χ3v) is 5.69. The van der Waals surface area contributed by atoms with Crippen molar-refractivity contribution in [3.05, 3.63) is 72.2 Å². The highest BCUT2D eigenvalue weighted by Gasteiger charge is 2.37. The van der Waals surface area contributed by atoms with E-state index in [4.69, 9.17) is 4.98 Å². The van der Waals surface area contributed by atoms with Crippen molar-refractivity contribution in [2.45, 2.75) is 57.7 Å². The van der Waals surface area contributed by atoms with E-state index in [1.165, 1.54) is 18.2 Å². The molecule has 0 aliphatic carbocycles. The highest BCUT2D eigenvalue weighted by Crippen LogP contribution is 2.30. The number of anilines is 2. The molecule has 3 aromatic rings. The molecule has 0 atom stereocenters. The summed E-state index contributed by atoms with van der Waals surface area (Å²) in [6, 6.07) is 15.1. The third-order valence-electron chi connectivity index (χ3n) is 5.69. The van der Waals surface area contributed by atoms with E-state index in [2.05, 4.69) is 48.6 Å². The van der Waals surface area contributed by atoms with Gasteiger partial charge in [0.25, 0.3) is 5.91 Å². The van der Waals surface area contributed by atoms with Crippen LogP contribution < -0.4 is 16.0 Å². The first-order valence-electron chi connectivity index (χ1n) is 11.1. The van der Waals surface area contributed by atoms with Crippen LogP contribution >= 0.6 is 0 Å². The summed E-state index contributed by atoms with van der Waals surface area (Å²) in [5.41, 5.74) is 1.81. The number of hydrogen-bond acceptors (Lipinski definition) is 5. The summed E-state index contributed by atoms with van der Waals surface area (Å²) in [5.74, 6) is 0.593. The molecule has 0 radical (unpaired) electrons. The minimum atomic E-state index is -0.444. The average Bonchev–Trinajstić information content (AvgIpc) is 2.72. The van der Waals surface area contributed by atoms with Gasteiger partial charge in [-0.25, -0.2) is 14.4 Å². The molecule has 7 heteroatoms.